The highest BCUT2D eigenvalue weighted by atomic mass is 32.2. The summed E-state index contributed by atoms with van der Waals surface area (Å²) in [6, 6.07) is 22.8. The van der Waals surface area contributed by atoms with Crippen LogP contribution in [-0.4, -0.2) is 13.5 Å². The SMILES string of the molecule is Cc1ccccc1S(=O)(=O)OC(Cc1ccccc1)c1ccccc1O. The van der Waals surface area contributed by atoms with Crippen LogP contribution in [0.2, 0.25) is 0 Å². The van der Waals surface area contributed by atoms with E-state index < -0.39 is 16.2 Å². The number of aryl methyl sites for hydroxylation is 1. The van der Waals surface area contributed by atoms with Crippen LogP contribution in [0.4, 0.5) is 0 Å². The number of rotatable bonds is 6. The first-order chi connectivity index (χ1) is 12.5. The van der Waals surface area contributed by atoms with Crippen molar-refractivity contribution in [3.8, 4) is 5.75 Å². The van der Waals surface area contributed by atoms with Gasteiger partial charge in [0.25, 0.3) is 10.1 Å². The van der Waals surface area contributed by atoms with Gasteiger partial charge in [0.2, 0.25) is 0 Å². The molecule has 0 aromatic heterocycles. The molecule has 0 fully saturated rings. The predicted molar refractivity (Wildman–Crippen MR) is 100 cm³/mol. The second-order valence-corrected chi connectivity index (χ2v) is 7.59. The van der Waals surface area contributed by atoms with Crippen LogP contribution in [0.15, 0.2) is 83.8 Å². The van der Waals surface area contributed by atoms with E-state index in [1.807, 2.05) is 30.3 Å². The lowest BCUT2D eigenvalue weighted by molar-refractivity contribution is 0.209. The minimum atomic E-state index is -3.99. The van der Waals surface area contributed by atoms with Gasteiger partial charge in [0, 0.05) is 12.0 Å². The van der Waals surface area contributed by atoms with E-state index >= 15 is 0 Å². The van der Waals surface area contributed by atoms with Crippen molar-refractivity contribution in [1.82, 2.24) is 0 Å². The molecule has 0 aliphatic rings. The highest BCUT2D eigenvalue weighted by Gasteiger charge is 2.26. The number of benzene rings is 3. The summed E-state index contributed by atoms with van der Waals surface area (Å²) >= 11 is 0. The van der Waals surface area contributed by atoms with E-state index in [0.29, 0.717) is 17.5 Å². The van der Waals surface area contributed by atoms with Crippen molar-refractivity contribution >= 4 is 10.1 Å². The summed E-state index contributed by atoms with van der Waals surface area (Å²) < 4.78 is 31.3. The van der Waals surface area contributed by atoms with Crippen LogP contribution in [-0.2, 0) is 20.7 Å². The fourth-order valence-corrected chi connectivity index (χ4v) is 4.11. The Labute approximate surface area is 153 Å². The molecule has 3 rings (SSSR count). The Morgan fingerprint density at radius 3 is 2.19 bits per heavy atom. The molecule has 1 atom stereocenters. The van der Waals surface area contributed by atoms with Crippen molar-refractivity contribution in [2.75, 3.05) is 0 Å². The third-order valence-corrected chi connectivity index (χ3v) is 5.64. The van der Waals surface area contributed by atoms with Gasteiger partial charge in [0.15, 0.2) is 0 Å². The Morgan fingerprint density at radius 2 is 1.50 bits per heavy atom. The topological polar surface area (TPSA) is 63.6 Å². The standard InChI is InChI=1S/C21H20O4S/c1-16-9-5-8-14-21(16)26(23,24)25-20(15-17-10-3-2-4-11-17)18-12-6-7-13-19(18)22/h2-14,20,22H,15H2,1H3. The van der Waals surface area contributed by atoms with Gasteiger partial charge in [-0.3, -0.25) is 4.18 Å². The van der Waals surface area contributed by atoms with Gasteiger partial charge in [-0.25, -0.2) is 0 Å². The average Bonchev–Trinajstić information content (AvgIpc) is 2.62. The minimum Gasteiger partial charge on any atom is -0.508 e. The molecule has 4 nitrogen and oxygen atoms in total. The van der Waals surface area contributed by atoms with E-state index in [1.54, 1.807) is 43.3 Å². The molecule has 0 aliphatic carbocycles. The highest BCUT2D eigenvalue weighted by Crippen LogP contribution is 2.33. The van der Waals surface area contributed by atoms with E-state index in [0.717, 1.165) is 5.56 Å². The maximum Gasteiger partial charge on any atom is 0.297 e. The van der Waals surface area contributed by atoms with Gasteiger partial charge in [-0.1, -0.05) is 66.7 Å². The fraction of sp³-hybridized carbons (Fsp3) is 0.143. The number of hydrogen-bond acceptors (Lipinski definition) is 4. The summed E-state index contributed by atoms with van der Waals surface area (Å²) in [5.74, 6) is 0.00779. The molecule has 1 unspecified atom stereocenters. The molecule has 0 saturated heterocycles. The molecule has 0 bridgehead atoms. The van der Waals surface area contributed by atoms with Crippen LogP contribution < -0.4 is 0 Å². The molecule has 134 valence electrons. The van der Waals surface area contributed by atoms with Crippen LogP contribution in [0.3, 0.4) is 0 Å². The lowest BCUT2D eigenvalue weighted by Gasteiger charge is -2.20. The van der Waals surface area contributed by atoms with Crippen molar-refractivity contribution in [1.29, 1.82) is 0 Å². The Bertz CT molecular complexity index is 982. The van der Waals surface area contributed by atoms with Crippen molar-refractivity contribution in [2.45, 2.75) is 24.3 Å². The van der Waals surface area contributed by atoms with Crippen molar-refractivity contribution in [3.05, 3.63) is 95.6 Å². The van der Waals surface area contributed by atoms with Gasteiger partial charge in [0.05, 0.1) is 4.90 Å². The van der Waals surface area contributed by atoms with Gasteiger partial charge < -0.3 is 5.11 Å². The Hall–Kier alpha value is -2.63. The first-order valence-electron chi connectivity index (χ1n) is 8.28. The van der Waals surface area contributed by atoms with E-state index in [4.69, 9.17) is 4.18 Å². The molecule has 0 aliphatic heterocycles. The monoisotopic (exact) mass is 368 g/mol. The lowest BCUT2D eigenvalue weighted by atomic mass is 10.0. The number of phenols is 1. The molecule has 26 heavy (non-hydrogen) atoms. The maximum atomic E-state index is 12.8. The number of hydrogen-bond donors (Lipinski definition) is 1. The predicted octanol–water partition coefficient (Wildman–Crippen LogP) is 4.39. The van der Waals surface area contributed by atoms with E-state index in [9.17, 15) is 13.5 Å². The molecule has 0 heterocycles. The van der Waals surface area contributed by atoms with E-state index in [1.165, 1.54) is 12.1 Å². The Balaban J connectivity index is 1.98. The van der Waals surface area contributed by atoms with Crippen molar-refractivity contribution in [3.63, 3.8) is 0 Å². The Morgan fingerprint density at radius 1 is 0.885 bits per heavy atom. The Kier molecular flexibility index (Phi) is 5.40. The normalized spacial score (nSPS) is 12.7. The molecule has 0 saturated carbocycles. The van der Waals surface area contributed by atoms with Gasteiger partial charge >= 0.3 is 0 Å². The third kappa shape index (κ3) is 4.12. The molecular formula is C21H20O4S. The first-order valence-corrected chi connectivity index (χ1v) is 9.69. The molecule has 3 aromatic carbocycles. The van der Waals surface area contributed by atoms with Crippen molar-refractivity contribution in [2.24, 2.45) is 0 Å². The summed E-state index contributed by atoms with van der Waals surface area (Å²) in [7, 11) is -3.99. The summed E-state index contributed by atoms with van der Waals surface area (Å²) in [5, 5.41) is 10.2. The summed E-state index contributed by atoms with van der Waals surface area (Å²) in [6.07, 6.45) is -0.507. The van der Waals surface area contributed by atoms with Gasteiger partial charge in [-0.2, -0.15) is 8.42 Å². The van der Waals surface area contributed by atoms with E-state index in [2.05, 4.69) is 0 Å². The quantitative estimate of drug-likeness (QED) is 0.656. The fourth-order valence-electron chi connectivity index (χ4n) is 2.83. The summed E-state index contributed by atoms with van der Waals surface area (Å²) in [5.41, 5.74) is 1.97. The van der Waals surface area contributed by atoms with Crippen molar-refractivity contribution < 1.29 is 17.7 Å². The molecule has 5 heteroatoms. The van der Waals surface area contributed by atoms with Crippen LogP contribution in [0, 0.1) is 6.92 Å². The van der Waals surface area contributed by atoms with Crippen LogP contribution in [0.25, 0.3) is 0 Å². The molecule has 3 aromatic rings. The zero-order valence-corrected chi connectivity index (χ0v) is 15.2. The van der Waals surface area contributed by atoms with Gasteiger partial charge in [-0.05, 0) is 30.2 Å². The molecule has 0 spiro atoms. The first kappa shape index (κ1) is 18.2. The van der Waals surface area contributed by atoms with Gasteiger partial charge in [-0.15, -0.1) is 0 Å². The smallest absolute Gasteiger partial charge is 0.297 e. The number of para-hydroxylation sites is 1. The van der Waals surface area contributed by atoms with Crippen LogP contribution in [0.5, 0.6) is 5.75 Å². The van der Waals surface area contributed by atoms with Crippen LogP contribution in [0.1, 0.15) is 22.8 Å². The molecular weight excluding hydrogens is 348 g/mol. The molecule has 1 N–H and O–H groups in total. The van der Waals surface area contributed by atoms with Crippen LogP contribution >= 0.6 is 0 Å². The molecule has 0 amide bonds. The second kappa shape index (κ2) is 7.72. The summed E-state index contributed by atoms with van der Waals surface area (Å²) in [6.45, 7) is 1.72. The highest BCUT2D eigenvalue weighted by molar-refractivity contribution is 7.86. The van der Waals surface area contributed by atoms with Gasteiger partial charge in [0.1, 0.15) is 11.9 Å². The lowest BCUT2D eigenvalue weighted by Crippen LogP contribution is -2.15. The molecule has 0 radical (unpaired) electrons. The third-order valence-electron chi connectivity index (χ3n) is 4.15. The maximum absolute atomic E-state index is 12.8. The average molecular weight is 368 g/mol. The zero-order valence-electron chi connectivity index (χ0n) is 14.4. The second-order valence-electron chi connectivity index (χ2n) is 6.05. The summed E-state index contributed by atoms with van der Waals surface area (Å²) in [4.78, 5) is 0.133. The largest absolute Gasteiger partial charge is 0.508 e. The minimum absolute atomic E-state index is 0.00779. The zero-order chi connectivity index (χ0) is 18.6. The number of aromatic hydroxyl groups is 1. The number of phenolic OH excluding ortho intramolecular Hbond substituents is 1. The van der Waals surface area contributed by atoms with E-state index in [-0.39, 0.29) is 10.6 Å².